The quantitative estimate of drug-likeness (QED) is 0.773. The summed E-state index contributed by atoms with van der Waals surface area (Å²) in [5, 5.41) is 21.9. The van der Waals surface area contributed by atoms with Crippen LogP contribution >= 0.6 is 0 Å². The Morgan fingerprint density at radius 1 is 0.955 bits per heavy atom. The van der Waals surface area contributed by atoms with Crippen molar-refractivity contribution in [1.82, 2.24) is 14.8 Å². The van der Waals surface area contributed by atoms with Gasteiger partial charge in [0.25, 0.3) is 0 Å². The number of para-hydroxylation sites is 2. The van der Waals surface area contributed by atoms with E-state index in [0.717, 1.165) is 5.69 Å². The molecular weight excluding hydrogens is 276 g/mol. The second-order valence-electron chi connectivity index (χ2n) is 5.33. The van der Waals surface area contributed by atoms with Gasteiger partial charge in [0.05, 0.1) is 11.3 Å². The van der Waals surface area contributed by atoms with Crippen LogP contribution in [0.25, 0.3) is 17.1 Å². The van der Waals surface area contributed by atoms with Gasteiger partial charge in [-0.3, -0.25) is 4.57 Å². The van der Waals surface area contributed by atoms with E-state index in [1.54, 1.807) is 12.1 Å². The third-order valence-corrected chi connectivity index (χ3v) is 3.24. The maximum absolute atomic E-state index is 10.1. The van der Waals surface area contributed by atoms with Crippen LogP contribution in [0, 0.1) is 0 Å². The normalized spacial score (nSPS) is 10.9. The smallest absolute Gasteiger partial charge is 0.229 e. The fourth-order valence-corrected chi connectivity index (χ4v) is 2.29. The maximum atomic E-state index is 10.1. The van der Waals surface area contributed by atoms with Crippen LogP contribution in [0.2, 0.25) is 0 Å². The molecule has 0 radical (unpaired) electrons. The van der Waals surface area contributed by atoms with Gasteiger partial charge in [0.2, 0.25) is 5.95 Å². The van der Waals surface area contributed by atoms with Crippen molar-refractivity contribution in [1.29, 1.82) is 0 Å². The van der Waals surface area contributed by atoms with E-state index in [1.807, 2.05) is 60.9 Å². The molecule has 0 saturated heterocycles. The molecule has 3 aromatic rings. The van der Waals surface area contributed by atoms with Crippen molar-refractivity contribution >= 4 is 5.95 Å². The Labute approximate surface area is 129 Å². The van der Waals surface area contributed by atoms with Crippen LogP contribution in [0.1, 0.15) is 13.8 Å². The van der Waals surface area contributed by atoms with Gasteiger partial charge in [-0.05, 0) is 38.1 Å². The van der Waals surface area contributed by atoms with E-state index in [2.05, 4.69) is 15.5 Å². The van der Waals surface area contributed by atoms with Crippen molar-refractivity contribution in [2.75, 3.05) is 5.32 Å². The largest absolute Gasteiger partial charge is 0.507 e. The predicted molar refractivity (Wildman–Crippen MR) is 87.2 cm³/mol. The average Bonchev–Trinajstić information content (AvgIpc) is 2.91. The van der Waals surface area contributed by atoms with Crippen molar-refractivity contribution in [3.8, 4) is 22.8 Å². The number of benzene rings is 2. The zero-order valence-corrected chi connectivity index (χ0v) is 12.6. The molecule has 1 heterocycles. The lowest BCUT2D eigenvalue weighted by Crippen LogP contribution is -2.14. The van der Waals surface area contributed by atoms with Crippen LogP contribution in [0.3, 0.4) is 0 Å². The summed E-state index contributed by atoms with van der Waals surface area (Å²) in [6.45, 7) is 4.09. The van der Waals surface area contributed by atoms with Crippen molar-refractivity contribution in [3.05, 3.63) is 54.6 Å². The number of anilines is 1. The summed E-state index contributed by atoms with van der Waals surface area (Å²) in [5.74, 6) is 1.44. The highest BCUT2D eigenvalue weighted by Gasteiger charge is 2.18. The molecule has 0 spiro atoms. The van der Waals surface area contributed by atoms with E-state index in [9.17, 15) is 5.11 Å². The van der Waals surface area contributed by atoms with Crippen LogP contribution in [0.4, 0.5) is 5.95 Å². The van der Waals surface area contributed by atoms with E-state index in [-0.39, 0.29) is 11.8 Å². The Balaban J connectivity index is 2.19. The highest BCUT2D eigenvalue weighted by Crippen LogP contribution is 2.31. The van der Waals surface area contributed by atoms with E-state index < -0.39 is 0 Å². The van der Waals surface area contributed by atoms with Gasteiger partial charge in [-0.15, -0.1) is 10.2 Å². The molecule has 0 bridgehead atoms. The first kappa shape index (κ1) is 14.1. The van der Waals surface area contributed by atoms with Crippen molar-refractivity contribution in [2.45, 2.75) is 19.9 Å². The number of aromatic hydroxyl groups is 1. The van der Waals surface area contributed by atoms with Gasteiger partial charge in [-0.25, -0.2) is 0 Å². The van der Waals surface area contributed by atoms with Gasteiger partial charge in [-0.1, -0.05) is 30.3 Å². The van der Waals surface area contributed by atoms with E-state index >= 15 is 0 Å². The molecule has 0 aliphatic carbocycles. The highest BCUT2D eigenvalue weighted by molar-refractivity contribution is 5.67. The minimum Gasteiger partial charge on any atom is -0.507 e. The predicted octanol–water partition coefficient (Wildman–Crippen LogP) is 3.46. The molecule has 3 rings (SSSR count). The van der Waals surface area contributed by atoms with Crippen molar-refractivity contribution < 1.29 is 5.11 Å². The Morgan fingerprint density at radius 3 is 2.32 bits per heavy atom. The molecule has 112 valence electrons. The van der Waals surface area contributed by atoms with E-state index in [4.69, 9.17) is 0 Å². The Hall–Kier alpha value is -2.82. The number of nitrogens with one attached hydrogen (secondary N) is 1. The number of hydrogen-bond acceptors (Lipinski definition) is 4. The first-order chi connectivity index (χ1) is 10.7. The van der Waals surface area contributed by atoms with Gasteiger partial charge in [0, 0.05) is 6.04 Å². The van der Waals surface area contributed by atoms with Gasteiger partial charge in [0.15, 0.2) is 5.82 Å². The average molecular weight is 294 g/mol. The molecule has 0 fully saturated rings. The summed E-state index contributed by atoms with van der Waals surface area (Å²) >= 11 is 0. The number of hydrogen-bond donors (Lipinski definition) is 2. The first-order valence-electron chi connectivity index (χ1n) is 7.22. The fraction of sp³-hybridized carbons (Fsp3) is 0.176. The number of rotatable bonds is 4. The molecule has 2 N–H and O–H groups in total. The Morgan fingerprint density at radius 2 is 1.64 bits per heavy atom. The molecular formula is C17H18N4O. The summed E-state index contributed by atoms with van der Waals surface area (Å²) in [5.41, 5.74) is 1.59. The molecule has 0 amide bonds. The third kappa shape index (κ3) is 2.65. The SMILES string of the molecule is CC(C)Nc1nnc(-c2ccccc2O)n1-c1ccccc1. The van der Waals surface area contributed by atoms with Gasteiger partial charge in [-0.2, -0.15) is 0 Å². The zero-order valence-electron chi connectivity index (χ0n) is 12.6. The van der Waals surface area contributed by atoms with Gasteiger partial charge in [0.1, 0.15) is 5.75 Å². The lowest BCUT2D eigenvalue weighted by molar-refractivity contribution is 0.476. The Kier molecular flexibility index (Phi) is 3.78. The molecule has 0 unspecified atom stereocenters. The fourth-order valence-electron chi connectivity index (χ4n) is 2.29. The van der Waals surface area contributed by atoms with Crippen LogP contribution < -0.4 is 5.32 Å². The molecule has 0 atom stereocenters. The summed E-state index contributed by atoms with van der Waals surface area (Å²) < 4.78 is 1.91. The van der Waals surface area contributed by atoms with Gasteiger partial charge < -0.3 is 10.4 Å². The highest BCUT2D eigenvalue weighted by atomic mass is 16.3. The molecule has 0 saturated carbocycles. The first-order valence-corrected chi connectivity index (χ1v) is 7.22. The van der Waals surface area contributed by atoms with E-state index in [0.29, 0.717) is 17.3 Å². The molecule has 1 aromatic heterocycles. The third-order valence-electron chi connectivity index (χ3n) is 3.24. The second kappa shape index (κ2) is 5.89. The summed E-state index contributed by atoms with van der Waals surface area (Å²) in [4.78, 5) is 0. The summed E-state index contributed by atoms with van der Waals surface area (Å²) in [7, 11) is 0. The van der Waals surface area contributed by atoms with Crippen LogP contribution in [0.5, 0.6) is 5.75 Å². The van der Waals surface area contributed by atoms with Gasteiger partial charge >= 0.3 is 0 Å². The standard InChI is InChI=1S/C17H18N4O/c1-12(2)18-17-20-19-16(14-10-6-7-11-15(14)22)21(17)13-8-4-3-5-9-13/h3-12,22H,1-2H3,(H,18,20). The number of phenolic OH excluding ortho intramolecular Hbond substituents is 1. The van der Waals surface area contributed by atoms with E-state index in [1.165, 1.54) is 0 Å². The molecule has 5 heteroatoms. The van der Waals surface area contributed by atoms with Crippen LogP contribution in [0.15, 0.2) is 54.6 Å². The molecule has 2 aromatic carbocycles. The van der Waals surface area contributed by atoms with Crippen molar-refractivity contribution in [3.63, 3.8) is 0 Å². The summed E-state index contributed by atoms with van der Waals surface area (Å²) in [6, 6.07) is 17.2. The monoisotopic (exact) mass is 294 g/mol. The maximum Gasteiger partial charge on any atom is 0.229 e. The minimum absolute atomic E-state index is 0.183. The number of nitrogens with zero attached hydrogens (tertiary/aromatic N) is 3. The Bertz CT molecular complexity index is 765. The number of phenols is 1. The molecule has 0 aliphatic heterocycles. The van der Waals surface area contributed by atoms with Crippen molar-refractivity contribution in [2.24, 2.45) is 0 Å². The van der Waals surface area contributed by atoms with Crippen LogP contribution in [-0.2, 0) is 0 Å². The second-order valence-corrected chi connectivity index (χ2v) is 5.33. The molecule has 22 heavy (non-hydrogen) atoms. The summed E-state index contributed by atoms with van der Waals surface area (Å²) in [6.07, 6.45) is 0. The lowest BCUT2D eigenvalue weighted by atomic mass is 10.2. The van der Waals surface area contributed by atoms with Crippen LogP contribution in [-0.4, -0.2) is 25.9 Å². The zero-order chi connectivity index (χ0) is 15.5. The minimum atomic E-state index is 0.183. The topological polar surface area (TPSA) is 63.0 Å². The number of aromatic nitrogens is 3. The molecule has 5 nitrogen and oxygen atoms in total. The molecule has 0 aliphatic rings. The lowest BCUT2D eigenvalue weighted by Gasteiger charge is -2.14.